The molecule has 2 N–H and O–H groups in total. The predicted molar refractivity (Wildman–Crippen MR) is 97.6 cm³/mol. The standard InChI is InChI=1S/C18H23N3O3.ClH/c22-17(21-8-6-20(7-9-21)14-2-1-3-14)12-4-5-15-13(10-12)11-16(19-15)18(23)24;/h4-5,10,14,16,19H,1-3,6-9,11H2,(H,23,24);1H. The van der Waals surface area contributed by atoms with Crippen LogP contribution in [-0.2, 0) is 11.2 Å². The van der Waals surface area contributed by atoms with Crippen LogP contribution in [0, 0.1) is 0 Å². The minimum absolute atomic E-state index is 0. The second kappa shape index (κ2) is 7.22. The van der Waals surface area contributed by atoms with Crippen molar-refractivity contribution in [2.75, 3.05) is 31.5 Å². The fraction of sp³-hybridized carbons (Fsp3) is 0.556. The maximum absolute atomic E-state index is 12.7. The van der Waals surface area contributed by atoms with E-state index in [9.17, 15) is 9.59 Å². The fourth-order valence-electron chi connectivity index (χ4n) is 3.87. The maximum Gasteiger partial charge on any atom is 0.326 e. The van der Waals surface area contributed by atoms with Crippen LogP contribution in [0.25, 0.3) is 0 Å². The first-order valence-corrected chi connectivity index (χ1v) is 8.77. The van der Waals surface area contributed by atoms with E-state index in [1.165, 1.54) is 19.3 Å². The molecular formula is C18H24ClN3O3. The van der Waals surface area contributed by atoms with Crippen molar-refractivity contribution in [3.63, 3.8) is 0 Å². The predicted octanol–water partition coefficient (Wildman–Crippen LogP) is 1.84. The Morgan fingerprint density at radius 2 is 1.84 bits per heavy atom. The molecule has 0 spiro atoms. The van der Waals surface area contributed by atoms with Gasteiger partial charge in [-0.1, -0.05) is 6.42 Å². The number of fused-ring (bicyclic) bond motifs is 1. The molecule has 25 heavy (non-hydrogen) atoms. The summed E-state index contributed by atoms with van der Waals surface area (Å²) < 4.78 is 0. The highest BCUT2D eigenvalue weighted by Gasteiger charge is 2.31. The quantitative estimate of drug-likeness (QED) is 0.855. The third-order valence-electron chi connectivity index (χ3n) is 5.60. The number of nitrogens with one attached hydrogen (secondary N) is 1. The monoisotopic (exact) mass is 365 g/mol. The molecule has 1 atom stereocenters. The van der Waals surface area contributed by atoms with E-state index in [4.69, 9.17) is 5.11 Å². The number of carboxylic acid groups (broad SMARTS) is 1. The van der Waals surface area contributed by atoms with E-state index in [1.807, 2.05) is 17.0 Å². The van der Waals surface area contributed by atoms with Crippen molar-refractivity contribution in [2.24, 2.45) is 0 Å². The first-order valence-electron chi connectivity index (χ1n) is 8.77. The van der Waals surface area contributed by atoms with Gasteiger partial charge in [-0.25, -0.2) is 4.79 Å². The van der Waals surface area contributed by atoms with Crippen LogP contribution in [0.3, 0.4) is 0 Å². The summed E-state index contributed by atoms with van der Waals surface area (Å²) in [6.07, 6.45) is 4.37. The molecule has 1 unspecified atom stereocenters. The molecule has 1 aromatic rings. The topological polar surface area (TPSA) is 72.9 Å². The Morgan fingerprint density at radius 3 is 2.44 bits per heavy atom. The molecule has 1 amide bonds. The summed E-state index contributed by atoms with van der Waals surface area (Å²) in [5.41, 5.74) is 2.41. The van der Waals surface area contributed by atoms with Gasteiger partial charge >= 0.3 is 5.97 Å². The Kier molecular flexibility index (Phi) is 5.20. The van der Waals surface area contributed by atoms with Crippen LogP contribution in [0.4, 0.5) is 5.69 Å². The maximum atomic E-state index is 12.7. The zero-order chi connectivity index (χ0) is 16.7. The summed E-state index contributed by atoms with van der Waals surface area (Å²) in [5.74, 6) is -0.795. The highest BCUT2D eigenvalue weighted by molar-refractivity contribution is 5.95. The van der Waals surface area contributed by atoms with Crippen molar-refractivity contribution in [3.8, 4) is 0 Å². The summed E-state index contributed by atoms with van der Waals surface area (Å²) in [4.78, 5) is 28.3. The van der Waals surface area contributed by atoms with Gasteiger partial charge in [0.2, 0.25) is 0 Å². The second-order valence-corrected chi connectivity index (χ2v) is 7.02. The Morgan fingerprint density at radius 1 is 1.12 bits per heavy atom. The lowest BCUT2D eigenvalue weighted by atomic mass is 9.91. The Hall–Kier alpha value is -1.79. The summed E-state index contributed by atoms with van der Waals surface area (Å²) in [7, 11) is 0. The Bertz CT molecular complexity index is 670. The molecule has 2 fully saturated rings. The molecule has 0 bridgehead atoms. The van der Waals surface area contributed by atoms with Crippen molar-refractivity contribution < 1.29 is 14.7 Å². The molecule has 0 radical (unpaired) electrons. The number of anilines is 1. The van der Waals surface area contributed by atoms with E-state index in [0.717, 1.165) is 43.5 Å². The van der Waals surface area contributed by atoms with Crippen molar-refractivity contribution in [2.45, 2.75) is 37.8 Å². The number of carbonyl (C=O) groups excluding carboxylic acids is 1. The number of benzene rings is 1. The number of nitrogens with zero attached hydrogens (tertiary/aromatic N) is 2. The first kappa shape index (κ1) is 18.0. The number of aliphatic carboxylic acids is 1. The van der Waals surface area contributed by atoms with Crippen molar-refractivity contribution in [1.29, 1.82) is 0 Å². The third kappa shape index (κ3) is 3.46. The van der Waals surface area contributed by atoms with Crippen molar-refractivity contribution >= 4 is 30.0 Å². The van der Waals surface area contributed by atoms with Gasteiger partial charge in [-0.15, -0.1) is 12.4 Å². The molecule has 2 heterocycles. The molecule has 3 aliphatic rings. The molecule has 1 aromatic carbocycles. The van der Waals surface area contributed by atoms with Gasteiger partial charge in [-0.2, -0.15) is 0 Å². The lowest BCUT2D eigenvalue weighted by molar-refractivity contribution is -0.137. The number of carboxylic acids is 1. The largest absolute Gasteiger partial charge is 0.480 e. The summed E-state index contributed by atoms with van der Waals surface area (Å²) in [5, 5.41) is 12.1. The van der Waals surface area contributed by atoms with Crippen LogP contribution in [0.2, 0.25) is 0 Å². The van der Waals surface area contributed by atoms with Crippen LogP contribution in [-0.4, -0.2) is 65.0 Å². The van der Waals surface area contributed by atoms with Gasteiger partial charge in [0.15, 0.2) is 0 Å². The fourth-order valence-corrected chi connectivity index (χ4v) is 3.87. The number of amides is 1. The lowest BCUT2D eigenvalue weighted by Crippen LogP contribution is -2.53. The molecule has 1 aliphatic carbocycles. The Balaban J connectivity index is 0.00000182. The van der Waals surface area contributed by atoms with E-state index in [1.54, 1.807) is 6.07 Å². The number of piperazine rings is 1. The summed E-state index contributed by atoms with van der Waals surface area (Å²) in [6, 6.07) is 5.64. The number of halogens is 1. The average molecular weight is 366 g/mol. The minimum atomic E-state index is -0.855. The van der Waals surface area contributed by atoms with Crippen LogP contribution in [0.15, 0.2) is 18.2 Å². The van der Waals surface area contributed by atoms with Crippen molar-refractivity contribution in [1.82, 2.24) is 9.80 Å². The van der Waals surface area contributed by atoms with Gasteiger partial charge in [0, 0.05) is 49.9 Å². The average Bonchev–Trinajstić information content (AvgIpc) is 2.97. The molecule has 1 saturated carbocycles. The molecule has 136 valence electrons. The van der Waals surface area contributed by atoms with E-state index in [0.29, 0.717) is 12.0 Å². The first-order chi connectivity index (χ1) is 11.6. The highest BCUT2D eigenvalue weighted by Crippen LogP contribution is 2.28. The van der Waals surface area contributed by atoms with Gasteiger partial charge in [0.1, 0.15) is 6.04 Å². The summed E-state index contributed by atoms with van der Waals surface area (Å²) >= 11 is 0. The molecule has 7 heteroatoms. The van der Waals surface area contributed by atoms with E-state index >= 15 is 0 Å². The molecular weight excluding hydrogens is 342 g/mol. The smallest absolute Gasteiger partial charge is 0.326 e. The van der Waals surface area contributed by atoms with E-state index in [2.05, 4.69) is 10.2 Å². The van der Waals surface area contributed by atoms with Crippen LogP contribution in [0.1, 0.15) is 35.2 Å². The van der Waals surface area contributed by atoms with Crippen LogP contribution in [0.5, 0.6) is 0 Å². The van der Waals surface area contributed by atoms with Gasteiger partial charge in [0.25, 0.3) is 5.91 Å². The molecule has 4 rings (SSSR count). The SMILES string of the molecule is Cl.O=C(O)C1Cc2cc(C(=O)N3CCN(C4CCC4)CC3)ccc2N1. The van der Waals surface area contributed by atoms with Crippen molar-refractivity contribution in [3.05, 3.63) is 29.3 Å². The zero-order valence-electron chi connectivity index (χ0n) is 14.1. The van der Waals surface area contributed by atoms with E-state index in [-0.39, 0.29) is 18.3 Å². The third-order valence-corrected chi connectivity index (χ3v) is 5.60. The number of hydrogen-bond acceptors (Lipinski definition) is 4. The summed E-state index contributed by atoms with van der Waals surface area (Å²) in [6.45, 7) is 3.48. The number of rotatable bonds is 3. The molecule has 2 aliphatic heterocycles. The highest BCUT2D eigenvalue weighted by atomic mass is 35.5. The van der Waals surface area contributed by atoms with Gasteiger partial charge < -0.3 is 15.3 Å². The Labute approximate surface area is 153 Å². The van der Waals surface area contributed by atoms with Gasteiger partial charge in [-0.05, 0) is 36.6 Å². The lowest BCUT2D eigenvalue weighted by Gasteiger charge is -2.43. The second-order valence-electron chi connectivity index (χ2n) is 7.02. The molecule has 0 aromatic heterocycles. The number of hydrogen-bond donors (Lipinski definition) is 2. The van der Waals surface area contributed by atoms with E-state index < -0.39 is 12.0 Å². The zero-order valence-corrected chi connectivity index (χ0v) is 14.9. The molecule has 1 saturated heterocycles. The van der Waals surface area contributed by atoms with Gasteiger partial charge in [0.05, 0.1) is 0 Å². The van der Waals surface area contributed by atoms with Crippen LogP contribution >= 0.6 is 12.4 Å². The van der Waals surface area contributed by atoms with Gasteiger partial charge in [-0.3, -0.25) is 9.69 Å². The van der Waals surface area contributed by atoms with Crippen LogP contribution < -0.4 is 5.32 Å². The minimum Gasteiger partial charge on any atom is -0.480 e. The molecule has 6 nitrogen and oxygen atoms in total. The normalized spacial score (nSPS) is 23.2. The number of carbonyl (C=O) groups is 2.